The molecule has 0 radical (unpaired) electrons. The molecule has 1 aliphatic carbocycles. The number of aromatic nitrogens is 1. The second-order valence-corrected chi connectivity index (χ2v) is 8.14. The minimum Gasteiger partial charge on any atom is -0.467 e. The summed E-state index contributed by atoms with van der Waals surface area (Å²) in [4.78, 5) is 43.8. The first kappa shape index (κ1) is 22.6. The summed E-state index contributed by atoms with van der Waals surface area (Å²) in [6, 6.07) is 8.92. The fourth-order valence-corrected chi connectivity index (χ4v) is 4.25. The van der Waals surface area contributed by atoms with Gasteiger partial charge < -0.3 is 25.2 Å². The number of hydrogen-bond donors (Lipinski definition) is 3. The van der Waals surface area contributed by atoms with Crippen LogP contribution in [-0.2, 0) is 27.3 Å². The van der Waals surface area contributed by atoms with E-state index in [1.807, 2.05) is 24.3 Å². The molecule has 1 aliphatic heterocycles. The van der Waals surface area contributed by atoms with E-state index in [1.165, 1.54) is 30.5 Å². The lowest BCUT2D eigenvalue weighted by atomic mass is 9.88. The number of pyridine rings is 1. The summed E-state index contributed by atoms with van der Waals surface area (Å²) in [6.45, 7) is 0.206. The Morgan fingerprint density at radius 1 is 1.09 bits per heavy atom. The van der Waals surface area contributed by atoms with E-state index in [2.05, 4.69) is 10.3 Å². The van der Waals surface area contributed by atoms with E-state index in [1.54, 1.807) is 12.1 Å². The number of carbonyl (C=O) groups excluding carboxylic acids is 3. The summed E-state index contributed by atoms with van der Waals surface area (Å²) >= 11 is 0. The highest BCUT2D eigenvalue weighted by molar-refractivity contribution is 5.98. The fourth-order valence-electron chi connectivity index (χ4n) is 4.25. The van der Waals surface area contributed by atoms with Gasteiger partial charge >= 0.3 is 5.97 Å². The van der Waals surface area contributed by atoms with Gasteiger partial charge in [0.05, 0.1) is 24.8 Å². The average molecular weight is 451 g/mol. The summed E-state index contributed by atoms with van der Waals surface area (Å²) in [5.41, 5.74) is 2.37. The first-order valence-electron chi connectivity index (χ1n) is 10.6. The Kier molecular flexibility index (Phi) is 6.52. The van der Waals surface area contributed by atoms with Crippen molar-refractivity contribution in [2.45, 2.75) is 43.7 Å². The standard InChI is InChI=1S/C24H25N3O6/c1-33-24(32)19-10-14-5-2-3-6-16(14)13-27(19)23(31)17-9-18(21(29)20(28)11-17)26-22(30)15-7-4-8-25-12-15/h2-9,12,18-21,28-29H,10-11,13H2,1H3,(H,26,30)/t18-,19+,20-,21-/m1/s1. The summed E-state index contributed by atoms with van der Waals surface area (Å²) in [5, 5.41) is 23.5. The zero-order valence-electron chi connectivity index (χ0n) is 18.0. The summed E-state index contributed by atoms with van der Waals surface area (Å²) in [6.07, 6.45) is 2.01. The zero-order chi connectivity index (χ0) is 23.5. The molecule has 1 aromatic heterocycles. The van der Waals surface area contributed by atoms with Crippen molar-refractivity contribution in [2.75, 3.05) is 7.11 Å². The van der Waals surface area contributed by atoms with E-state index in [0.717, 1.165) is 11.1 Å². The normalized spacial score (nSPS) is 24.3. The SMILES string of the molecule is COC(=O)[C@@H]1Cc2ccccc2CN1C(=O)C1=C[C@@H](NC(=O)c2cccnc2)[C@@H](O)[C@H](O)C1. The van der Waals surface area contributed by atoms with Crippen LogP contribution in [0.5, 0.6) is 0 Å². The van der Waals surface area contributed by atoms with Crippen molar-refractivity contribution >= 4 is 17.8 Å². The minimum absolute atomic E-state index is 0.106. The quantitative estimate of drug-likeness (QED) is 0.573. The Labute approximate surface area is 190 Å². The lowest BCUT2D eigenvalue weighted by Crippen LogP contribution is -2.53. The molecule has 0 unspecified atom stereocenters. The monoisotopic (exact) mass is 451 g/mol. The number of nitrogens with zero attached hydrogens (tertiary/aromatic N) is 2. The zero-order valence-corrected chi connectivity index (χ0v) is 18.0. The minimum atomic E-state index is -1.29. The third-order valence-electron chi connectivity index (χ3n) is 6.05. The Balaban J connectivity index is 1.60. The number of nitrogens with one attached hydrogen (secondary N) is 1. The van der Waals surface area contributed by atoms with Gasteiger partial charge in [-0.05, 0) is 23.3 Å². The molecule has 2 aliphatic rings. The van der Waals surface area contributed by atoms with E-state index in [4.69, 9.17) is 4.74 Å². The number of carbonyl (C=O) groups is 3. The number of methoxy groups -OCH3 is 1. The summed E-state index contributed by atoms with van der Waals surface area (Å²) in [5.74, 6) is -1.48. The van der Waals surface area contributed by atoms with Crippen molar-refractivity contribution < 1.29 is 29.3 Å². The Bertz CT molecular complexity index is 1090. The molecule has 0 bridgehead atoms. The molecule has 33 heavy (non-hydrogen) atoms. The summed E-state index contributed by atoms with van der Waals surface area (Å²) in [7, 11) is 1.27. The molecule has 1 aromatic carbocycles. The highest BCUT2D eigenvalue weighted by Gasteiger charge is 2.40. The molecule has 3 N–H and O–H groups in total. The molecule has 4 rings (SSSR count). The number of benzene rings is 1. The molecule has 2 amide bonds. The molecular formula is C24H25N3O6. The molecule has 0 fully saturated rings. The third kappa shape index (κ3) is 4.64. The predicted molar refractivity (Wildman–Crippen MR) is 117 cm³/mol. The number of esters is 1. The number of ether oxygens (including phenoxy) is 1. The van der Waals surface area contributed by atoms with E-state index in [9.17, 15) is 24.6 Å². The van der Waals surface area contributed by atoms with Crippen molar-refractivity contribution in [2.24, 2.45) is 0 Å². The highest BCUT2D eigenvalue weighted by Crippen LogP contribution is 2.28. The molecule has 0 saturated heterocycles. The van der Waals surface area contributed by atoms with E-state index in [-0.39, 0.29) is 24.1 Å². The van der Waals surface area contributed by atoms with Crippen LogP contribution in [0.1, 0.15) is 27.9 Å². The second-order valence-electron chi connectivity index (χ2n) is 8.14. The molecule has 2 heterocycles. The molecule has 9 nitrogen and oxygen atoms in total. The number of amides is 2. The first-order chi connectivity index (χ1) is 15.9. The highest BCUT2D eigenvalue weighted by atomic mass is 16.5. The topological polar surface area (TPSA) is 129 Å². The van der Waals surface area contributed by atoms with Crippen molar-refractivity contribution in [3.63, 3.8) is 0 Å². The maximum atomic E-state index is 13.5. The maximum absolute atomic E-state index is 13.5. The van der Waals surface area contributed by atoms with Gasteiger partial charge in [-0.1, -0.05) is 30.3 Å². The number of rotatable bonds is 4. The molecule has 4 atom stereocenters. The van der Waals surface area contributed by atoms with E-state index >= 15 is 0 Å². The van der Waals surface area contributed by atoms with Crippen LogP contribution in [0.25, 0.3) is 0 Å². The lowest BCUT2D eigenvalue weighted by Gasteiger charge is -2.38. The number of aliphatic hydroxyl groups is 2. The van der Waals surface area contributed by atoms with E-state index in [0.29, 0.717) is 6.42 Å². The number of hydrogen-bond acceptors (Lipinski definition) is 7. The molecule has 2 aromatic rings. The van der Waals surface area contributed by atoms with Crippen LogP contribution in [-0.4, -0.2) is 69.3 Å². The van der Waals surface area contributed by atoms with Crippen molar-refractivity contribution in [1.29, 1.82) is 0 Å². The molecule has 172 valence electrons. The van der Waals surface area contributed by atoms with Gasteiger partial charge in [-0.2, -0.15) is 0 Å². The van der Waals surface area contributed by atoms with Crippen LogP contribution < -0.4 is 5.32 Å². The van der Waals surface area contributed by atoms with Gasteiger partial charge in [0, 0.05) is 37.4 Å². The van der Waals surface area contributed by atoms with Crippen LogP contribution in [0, 0.1) is 0 Å². The largest absolute Gasteiger partial charge is 0.467 e. The van der Waals surface area contributed by atoms with Gasteiger partial charge in [0.15, 0.2) is 0 Å². The average Bonchev–Trinajstić information content (AvgIpc) is 2.85. The van der Waals surface area contributed by atoms with Crippen molar-refractivity contribution in [1.82, 2.24) is 15.2 Å². The van der Waals surface area contributed by atoms with Crippen LogP contribution >= 0.6 is 0 Å². The van der Waals surface area contributed by atoms with Crippen LogP contribution in [0.2, 0.25) is 0 Å². The van der Waals surface area contributed by atoms with Crippen molar-refractivity contribution in [3.8, 4) is 0 Å². The first-order valence-corrected chi connectivity index (χ1v) is 10.6. The fraction of sp³-hybridized carbons (Fsp3) is 0.333. The molecular weight excluding hydrogens is 426 g/mol. The molecule has 9 heteroatoms. The lowest BCUT2D eigenvalue weighted by molar-refractivity contribution is -0.152. The molecule has 0 saturated carbocycles. The Morgan fingerprint density at radius 2 is 1.85 bits per heavy atom. The van der Waals surface area contributed by atoms with Gasteiger partial charge in [0.1, 0.15) is 12.1 Å². The van der Waals surface area contributed by atoms with Gasteiger partial charge in [-0.15, -0.1) is 0 Å². The number of fused-ring (bicyclic) bond motifs is 1. The maximum Gasteiger partial charge on any atom is 0.328 e. The summed E-state index contributed by atoms with van der Waals surface area (Å²) < 4.78 is 4.93. The van der Waals surface area contributed by atoms with Gasteiger partial charge in [-0.3, -0.25) is 14.6 Å². The van der Waals surface area contributed by atoms with Crippen LogP contribution in [0.15, 0.2) is 60.4 Å². The predicted octanol–water partition coefficient (Wildman–Crippen LogP) is 0.358. The third-order valence-corrected chi connectivity index (χ3v) is 6.05. The van der Waals surface area contributed by atoms with Gasteiger partial charge in [-0.25, -0.2) is 4.79 Å². The second kappa shape index (κ2) is 9.51. The van der Waals surface area contributed by atoms with Crippen LogP contribution in [0.3, 0.4) is 0 Å². The number of aliphatic hydroxyl groups excluding tert-OH is 2. The Morgan fingerprint density at radius 3 is 2.55 bits per heavy atom. The smallest absolute Gasteiger partial charge is 0.328 e. The van der Waals surface area contributed by atoms with Gasteiger partial charge in [0.2, 0.25) is 0 Å². The van der Waals surface area contributed by atoms with Gasteiger partial charge in [0.25, 0.3) is 11.8 Å². The Hall–Kier alpha value is -3.56. The molecule has 0 spiro atoms. The van der Waals surface area contributed by atoms with E-state index < -0.39 is 42.1 Å². The van der Waals surface area contributed by atoms with Crippen molar-refractivity contribution in [3.05, 3.63) is 77.1 Å². The van der Waals surface area contributed by atoms with Crippen LogP contribution in [0.4, 0.5) is 0 Å².